The van der Waals surface area contributed by atoms with E-state index in [1.165, 1.54) is 92.5 Å². The van der Waals surface area contributed by atoms with Crippen LogP contribution in [0.3, 0.4) is 0 Å². The summed E-state index contributed by atoms with van der Waals surface area (Å²) in [5.74, 6) is -0.979. The number of allylic oxidation sites excluding steroid dienone is 2. The molecule has 0 nitrogen and oxygen atoms in total. The van der Waals surface area contributed by atoms with E-state index < -0.39 is 21.5 Å². The first-order valence-corrected chi connectivity index (χ1v) is 35.7. The molecule has 0 heterocycles. The van der Waals surface area contributed by atoms with Crippen molar-refractivity contribution >= 4 is 35.1 Å². The summed E-state index contributed by atoms with van der Waals surface area (Å²) in [5.41, 5.74) is 16.6. The molecule has 0 N–H and O–H groups in total. The van der Waals surface area contributed by atoms with E-state index in [-0.39, 0.29) is 7.25 Å². The molecule has 0 amide bonds. The van der Waals surface area contributed by atoms with Crippen molar-refractivity contribution < 1.29 is 15.6 Å². The predicted octanol–water partition coefficient (Wildman–Crippen LogP) is 14.6. The van der Waals surface area contributed by atoms with Crippen LogP contribution in [-0.4, -0.2) is 5.92 Å². The number of halogens is 2. The van der Waals surface area contributed by atoms with Gasteiger partial charge in [-0.3, -0.25) is 0 Å². The van der Waals surface area contributed by atoms with Crippen molar-refractivity contribution in [3.63, 3.8) is 0 Å². The van der Waals surface area contributed by atoms with Crippen LogP contribution < -0.4 is 0 Å². The van der Waals surface area contributed by atoms with Gasteiger partial charge in [0, 0.05) is 0 Å². The average molecular weight is 800 g/mol. The zero-order valence-electron chi connectivity index (χ0n) is 31.6. The molecule has 0 spiro atoms. The maximum absolute atomic E-state index is 8.83. The first-order valence-electron chi connectivity index (χ1n) is 19.4. The minimum atomic E-state index is -4.92. The summed E-state index contributed by atoms with van der Waals surface area (Å²) in [7, 11) is 17.7. The Morgan fingerprint density at radius 3 is 1.30 bits per heavy atom. The summed E-state index contributed by atoms with van der Waals surface area (Å²) in [4.78, 5) is 0. The van der Waals surface area contributed by atoms with Gasteiger partial charge in [-0.2, -0.15) is 0 Å². The van der Waals surface area contributed by atoms with Crippen molar-refractivity contribution in [2.75, 3.05) is 0 Å². The molecule has 0 aromatic heterocycles. The van der Waals surface area contributed by atoms with Gasteiger partial charge in [-0.1, -0.05) is 0 Å². The SMILES string of the molecule is CCCCc1ccccc1-c1cccc2c1C=C(C(C)C)[CH]2[Zr]([Cl])([Cl])([CH]1C(C(C)C)=Cc2c(-c3ccccc3CCCC)cccc21)[SiH](C)C. The normalized spacial score (nSPS) is 17.9. The van der Waals surface area contributed by atoms with Crippen molar-refractivity contribution in [2.45, 2.75) is 100 Å². The number of hydrogen-bond acceptors (Lipinski definition) is 0. The van der Waals surface area contributed by atoms with Crippen molar-refractivity contribution in [1.82, 2.24) is 0 Å². The molecule has 2 aliphatic carbocycles. The van der Waals surface area contributed by atoms with Crippen molar-refractivity contribution in [2.24, 2.45) is 11.8 Å². The van der Waals surface area contributed by atoms with Gasteiger partial charge in [-0.05, 0) is 0 Å². The monoisotopic (exact) mass is 797 g/mol. The Labute approximate surface area is 312 Å². The molecule has 263 valence electrons. The first-order chi connectivity index (χ1) is 23.9. The molecule has 4 aromatic carbocycles. The van der Waals surface area contributed by atoms with Crippen LogP contribution in [0.4, 0.5) is 0 Å². The van der Waals surface area contributed by atoms with Gasteiger partial charge < -0.3 is 0 Å². The maximum atomic E-state index is 8.83. The van der Waals surface area contributed by atoms with E-state index in [2.05, 4.69) is 152 Å². The van der Waals surface area contributed by atoms with E-state index in [1.807, 2.05) is 0 Å². The second-order valence-corrected chi connectivity index (χ2v) is 58.5. The second-order valence-electron chi connectivity index (χ2n) is 16.0. The van der Waals surface area contributed by atoms with Crippen LogP contribution in [-0.2, 0) is 28.4 Å². The van der Waals surface area contributed by atoms with E-state index >= 15 is 0 Å². The van der Waals surface area contributed by atoms with Crippen LogP contribution in [0.2, 0.25) is 13.1 Å². The van der Waals surface area contributed by atoms with Gasteiger partial charge in [0.2, 0.25) is 0 Å². The summed E-state index contributed by atoms with van der Waals surface area (Å²) in [5, 5.41) is 0. The van der Waals surface area contributed by atoms with E-state index in [0.717, 1.165) is 12.8 Å². The Kier molecular flexibility index (Phi) is 11.5. The zero-order chi connectivity index (χ0) is 35.8. The Bertz CT molecular complexity index is 1800. The number of rotatable bonds is 13. The number of fused-ring (bicyclic) bond motifs is 2. The van der Waals surface area contributed by atoms with Crippen molar-refractivity contribution in [1.29, 1.82) is 0 Å². The molecule has 6 rings (SSSR count). The van der Waals surface area contributed by atoms with Crippen molar-refractivity contribution in [3.05, 3.63) is 129 Å². The van der Waals surface area contributed by atoms with Crippen LogP contribution >= 0.6 is 17.0 Å². The van der Waals surface area contributed by atoms with Gasteiger partial charge >= 0.3 is 315 Å². The topological polar surface area (TPSA) is 0 Å². The molecule has 0 aliphatic heterocycles. The van der Waals surface area contributed by atoms with Crippen molar-refractivity contribution in [3.8, 4) is 22.3 Å². The molecule has 0 saturated heterocycles. The molecule has 2 unspecified atom stereocenters. The molecule has 0 saturated carbocycles. The molecular weight excluding hydrogens is 743 g/mol. The molecule has 0 fully saturated rings. The Morgan fingerprint density at radius 2 is 0.940 bits per heavy atom. The average Bonchev–Trinajstić information content (AvgIpc) is 3.72. The van der Waals surface area contributed by atoms with E-state index in [0.29, 0.717) is 11.8 Å². The van der Waals surface area contributed by atoms with Crippen LogP contribution in [0.15, 0.2) is 96.1 Å². The molecule has 2 atom stereocenters. The number of hydrogen-bond donors (Lipinski definition) is 0. The van der Waals surface area contributed by atoms with Crippen LogP contribution in [0, 0.1) is 11.8 Å². The van der Waals surface area contributed by atoms with Crippen LogP contribution in [0.5, 0.6) is 0 Å². The predicted molar refractivity (Wildman–Crippen MR) is 223 cm³/mol. The molecule has 2 aliphatic rings. The van der Waals surface area contributed by atoms with E-state index in [1.54, 1.807) is 0 Å². The molecule has 50 heavy (non-hydrogen) atoms. The molecule has 4 heteroatoms. The second kappa shape index (κ2) is 15.2. The van der Waals surface area contributed by atoms with E-state index in [4.69, 9.17) is 17.0 Å². The van der Waals surface area contributed by atoms with Gasteiger partial charge in [0.15, 0.2) is 0 Å². The standard InChI is InChI=1S/2C22H25.C2H7Si.2ClH.Zr/c2*1-4-5-9-17-10-6-7-12-20(17)21-13-8-11-18-14-19(16(2)3)15-22(18)21;1-3-2;;;/h2*6-8,10-16H,4-5,9H2,1-3H3;3H,1-2H3;2*1H;/q;;;;;+2/p-2. The fraction of sp³-hybridized carbons (Fsp3) is 0.391. The third-order valence-electron chi connectivity index (χ3n) is 11.9. The van der Waals surface area contributed by atoms with Crippen LogP contribution in [0.1, 0.15) is 108 Å². The quantitative estimate of drug-likeness (QED) is 0.118. The van der Waals surface area contributed by atoms with Crippen LogP contribution in [0.25, 0.3) is 34.4 Å². The Morgan fingerprint density at radius 1 is 0.560 bits per heavy atom. The summed E-state index contributed by atoms with van der Waals surface area (Å²) in [6.45, 7) is 19.0. The summed E-state index contributed by atoms with van der Waals surface area (Å²) in [6, 6.07) is 32.1. The molecule has 4 aromatic rings. The van der Waals surface area contributed by atoms with Gasteiger partial charge in [-0.25, -0.2) is 0 Å². The summed E-state index contributed by atoms with van der Waals surface area (Å²) < 4.78 is 0.172. The van der Waals surface area contributed by atoms with Gasteiger partial charge in [0.1, 0.15) is 0 Å². The number of benzene rings is 4. The van der Waals surface area contributed by atoms with E-state index in [9.17, 15) is 0 Å². The Balaban J connectivity index is 1.59. The van der Waals surface area contributed by atoms with Gasteiger partial charge in [0.05, 0.1) is 0 Å². The Hall–Kier alpha value is -1.96. The molecular formula is C46H57Cl2SiZr. The molecule has 0 radical (unpaired) electrons. The third kappa shape index (κ3) is 6.48. The zero-order valence-corrected chi connectivity index (χ0v) is 36.7. The minimum absolute atomic E-state index is 0.0859. The van der Waals surface area contributed by atoms with Gasteiger partial charge in [0.25, 0.3) is 0 Å². The first kappa shape index (κ1) is 37.8. The fourth-order valence-electron chi connectivity index (χ4n) is 9.12. The fourth-order valence-corrected chi connectivity index (χ4v) is 40.6. The summed E-state index contributed by atoms with van der Waals surface area (Å²) in [6.07, 6.45) is 12.0. The third-order valence-corrected chi connectivity index (χ3v) is 63.6. The number of aryl methyl sites for hydroxylation is 2. The summed E-state index contributed by atoms with van der Waals surface area (Å²) >= 11 is -4.92. The number of unbranched alkanes of at least 4 members (excludes halogenated alkanes) is 2. The van der Waals surface area contributed by atoms with Gasteiger partial charge in [-0.15, -0.1) is 0 Å². The molecule has 0 bridgehead atoms.